The molecule has 0 aromatic carbocycles. The summed E-state index contributed by atoms with van der Waals surface area (Å²) in [5.41, 5.74) is 2.91. The van der Waals surface area contributed by atoms with Crippen molar-refractivity contribution >= 4 is 5.97 Å². The van der Waals surface area contributed by atoms with E-state index in [9.17, 15) is 4.79 Å². The molecule has 74 valence electrons. The molecule has 2 fully saturated rings. The summed E-state index contributed by atoms with van der Waals surface area (Å²) < 4.78 is 0. The van der Waals surface area contributed by atoms with Gasteiger partial charge in [0.15, 0.2) is 0 Å². The van der Waals surface area contributed by atoms with Crippen molar-refractivity contribution in [1.82, 2.24) is 0 Å². The molecule has 2 saturated carbocycles. The first-order chi connectivity index (χ1) is 6.79. The van der Waals surface area contributed by atoms with Crippen molar-refractivity contribution in [3.05, 3.63) is 23.3 Å². The second-order valence-corrected chi connectivity index (χ2v) is 4.59. The fraction of sp³-hybridized carbons (Fsp3) is 0.583. The fourth-order valence-electron chi connectivity index (χ4n) is 3.06. The number of carboxylic acids is 1. The first-order valence-corrected chi connectivity index (χ1v) is 5.42. The Morgan fingerprint density at radius 3 is 2.64 bits per heavy atom. The number of fused-ring (bicyclic) bond motifs is 1. The number of hydrogen-bond acceptors (Lipinski definition) is 1. The van der Waals surface area contributed by atoms with Crippen LogP contribution in [0.2, 0.25) is 0 Å². The lowest BCUT2D eigenvalue weighted by atomic mass is 10.0. The standard InChI is InChI=1S/C12H14O2/c13-12(14)11-9-6-5-8(10(9)11)7-3-1-2-4-7/h5-6,9-11H,1-4H2,(H,13,14)/t9-,10+,11-/m0/s1. The van der Waals surface area contributed by atoms with Crippen LogP contribution < -0.4 is 0 Å². The molecular formula is C12H14O2. The Morgan fingerprint density at radius 1 is 1.36 bits per heavy atom. The molecule has 2 nitrogen and oxygen atoms in total. The van der Waals surface area contributed by atoms with Crippen molar-refractivity contribution in [2.75, 3.05) is 0 Å². The highest BCUT2D eigenvalue weighted by atomic mass is 16.4. The van der Waals surface area contributed by atoms with Crippen LogP contribution in [0.3, 0.4) is 0 Å². The summed E-state index contributed by atoms with van der Waals surface area (Å²) in [6, 6.07) is 0. The summed E-state index contributed by atoms with van der Waals surface area (Å²) in [6.45, 7) is 0. The van der Waals surface area contributed by atoms with Gasteiger partial charge in [-0.1, -0.05) is 17.7 Å². The molecule has 3 aliphatic rings. The molecule has 0 saturated heterocycles. The maximum atomic E-state index is 10.9. The molecule has 1 N–H and O–H groups in total. The van der Waals surface area contributed by atoms with Gasteiger partial charge >= 0.3 is 5.97 Å². The van der Waals surface area contributed by atoms with Crippen LogP contribution in [0.5, 0.6) is 0 Å². The number of allylic oxidation sites excluding steroid dienone is 4. The van der Waals surface area contributed by atoms with Crippen molar-refractivity contribution in [2.24, 2.45) is 17.8 Å². The lowest BCUT2D eigenvalue weighted by Gasteiger charge is -2.03. The van der Waals surface area contributed by atoms with E-state index in [1.165, 1.54) is 36.8 Å². The van der Waals surface area contributed by atoms with Crippen molar-refractivity contribution in [1.29, 1.82) is 0 Å². The van der Waals surface area contributed by atoms with Crippen LogP contribution in [0.25, 0.3) is 0 Å². The zero-order valence-electron chi connectivity index (χ0n) is 8.07. The highest BCUT2D eigenvalue weighted by molar-refractivity contribution is 5.77. The molecular weight excluding hydrogens is 176 g/mol. The molecule has 3 atom stereocenters. The van der Waals surface area contributed by atoms with Crippen LogP contribution >= 0.6 is 0 Å². The van der Waals surface area contributed by atoms with Gasteiger partial charge < -0.3 is 5.11 Å². The molecule has 0 unspecified atom stereocenters. The molecule has 3 aliphatic carbocycles. The van der Waals surface area contributed by atoms with Crippen LogP contribution in [0.1, 0.15) is 25.7 Å². The normalized spacial score (nSPS) is 39.0. The zero-order valence-corrected chi connectivity index (χ0v) is 8.07. The monoisotopic (exact) mass is 190 g/mol. The number of carboxylic acid groups (broad SMARTS) is 1. The molecule has 0 amide bonds. The molecule has 2 heteroatoms. The van der Waals surface area contributed by atoms with Crippen molar-refractivity contribution in [3.8, 4) is 0 Å². The van der Waals surface area contributed by atoms with Gasteiger partial charge in [0.2, 0.25) is 0 Å². The molecule has 0 aliphatic heterocycles. The Bertz CT molecular complexity index is 343. The highest BCUT2D eigenvalue weighted by Gasteiger charge is 2.57. The van der Waals surface area contributed by atoms with Crippen LogP contribution in [0.15, 0.2) is 23.3 Å². The smallest absolute Gasteiger partial charge is 0.307 e. The maximum absolute atomic E-state index is 10.9. The largest absolute Gasteiger partial charge is 0.481 e. The fourth-order valence-corrected chi connectivity index (χ4v) is 3.06. The minimum absolute atomic E-state index is 0.0944. The van der Waals surface area contributed by atoms with Crippen molar-refractivity contribution in [2.45, 2.75) is 25.7 Å². The molecule has 0 spiro atoms. The Balaban J connectivity index is 1.88. The van der Waals surface area contributed by atoms with Crippen LogP contribution in [-0.4, -0.2) is 11.1 Å². The Morgan fingerprint density at radius 2 is 2.07 bits per heavy atom. The Labute approximate surface area is 83.3 Å². The van der Waals surface area contributed by atoms with Gasteiger partial charge in [-0.3, -0.25) is 4.79 Å². The molecule has 0 radical (unpaired) electrons. The van der Waals surface area contributed by atoms with Crippen LogP contribution in [0, 0.1) is 17.8 Å². The molecule has 0 aromatic heterocycles. The van der Waals surface area contributed by atoms with E-state index in [0.29, 0.717) is 11.8 Å². The zero-order chi connectivity index (χ0) is 9.71. The van der Waals surface area contributed by atoms with Gasteiger partial charge in [0.05, 0.1) is 5.92 Å². The predicted molar refractivity (Wildman–Crippen MR) is 52.7 cm³/mol. The highest BCUT2D eigenvalue weighted by Crippen LogP contribution is 2.58. The van der Waals surface area contributed by atoms with Gasteiger partial charge in [-0.15, -0.1) is 0 Å². The van der Waals surface area contributed by atoms with E-state index in [-0.39, 0.29) is 5.92 Å². The molecule has 0 bridgehead atoms. The van der Waals surface area contributed by atoms with Crippen molar-refractivity contribution < 1.29 is 9.90 Å². The Hall–Kier alpha value is -1.05. The van der Waals surface area contributed by atoms with Gasteiger partial charge in [-0.2, -0.15) is 0 Å². The minimum atomic E-state index is -0.611. The lowest BCUT2D eigenvalue weighted by Crippen LogP contribution is -2.03. The third kappa shape index (κ3) is 0.999. The number of carbonyl (C=O) groups is 1. The van der Waals surface area contributed by atoms with Gasteiger partial charge in [0.1, 0.15) is 0 Å². The molecule has 0 aromatic rings. The van der Waals surface area contributed by atoms with Crippen LogP contribution in [-0.2, 0) is 4.79 Å². The summed E-state index contributed by atoms with van der Waals surface area (Å²) in [5, 5.41) is 8.96. The molecule has 3 rings (SSSR count). The summed E-state index contributed by atoms with van der Waals surface area (Å²) in [7, 11) is 0. The van der Waals surface area contributed by atoms with E-state index >= 15 is 0 Å². The maximum Gasteiger partial charge on any atom is 0.307 e. The van der Waals surface area contributed by atoms with Crippen molar-refractivity contribution in [3.63, 3.8) is 0 Å². The SMILES string of the molecule is O=C(O)[C@H]1[C@H]2C=CC(=C3CCCC3)[C@H]21. The van der Waals surface area contributed by atoms with Gasteiger partial charge in [0, 0.05) is 5.92 Å². The van der Waals surface area contributed by atoms with E-state index in [4.69, 9.17) is 5.11 Å². The van der Waals surface area contributed by atoms with Gasteiger partial charge in [0.25, 0.3) is 0 Å². The second-order valence-electron chi connectivity index (χ2n) is 4.59. The topological polar surface area (TPSA) is 37.3 Å². The summed E-state index contributed by atoms with van der Waals surface area (Å²) in [4.78, 5) is 10.9. The number of aliphatic carboxylic acids is 1. The van der Waals surface area contributed by atoms with E-state index in [0.717, 1.165) is 0 Å². The summed E-state index contributed by atoms with van der Waals surface area (Å²) in [6.07, 6.45) is 9.27. The third-order valence-electron chi connectivity index (χ3n) is 3.83. The molecule has 14 heavy (non-hydrogen) atoms. The van der Waals surface area contributed by atoms with E-state index < -0.39 is 5.97 Å². The number of hydrogen-bond donors (Lipinski definition) is 1. The average molecular weight is 190 g/mol. The summed E-state index contributed by atoms with van der Waals surface area (Å²) in [5.74, 6) is -0.0280. The van der Waals surface area contributed by atoms with E-state index in [1.807, 2.05) is 0 Å². The molecule has 0 heterocycles. The first-order valence-electron chi connectivity index (χ1n) is 5.42. The van der Waals surface area contributed by atoms with E-state index in [2.05, 4.69) is 12.2 Å². The Kier molecular flexibility index (Phi) is 1.61. The average Bonchev–Trinajstić information content (AvgIpc) is 2.57. The quantitative estimate of drug-likeness (QED) is 0.689. The van der Waals surface area contributed by atoms with Gasteiger partial charge in [-0.25, -0.2) is 0 Å². The summed E-state index contributed by atoms with van der Waals surface area (Å²) >= 11 is 0. The van der Waals surface area contributed by atoms with Crippen LogP contribution in [0.4, 0.5) is 0 Å². The lowest BCUT2D eigenvalue weighted by molar-refractivity contribution is -0.139. The second kappa shape index (κ2) is 2.72. The minimum Gasteiger partial charge on any atom is -0.481 e. The first kappa shape index (κ1) is 8.27. The third-order valence-corrected chi connectivity index (χ3v) is 3.83. The van der Waals surface area contributed by atoms with Gasteiger partial charge in [-0.05, 0) is 37.2 Å². The predicted octanol–water partition coefficient (Wildman–Crippen LogP) is 2.37. The number of rotatable bonds is 1. The van der Waals surface area contributed by atoms with E-state index in [1.54, 1.807) is 0 Å².